The fourth-order valence-electron chi connectivity index (χ4n) is 2.17. The third kappa shape index (κ3) is 3.93. The van der Waals surface area contributed by atoms with Gasteiger partial charge in [0.1, 0.15) is 11.9 Å². The monoisotopic (exact) mass is 314 g/mol. The highest BCUT2D eigenvalue weighted by Crippen LogP contribution is 2.24. The molecule has 1 aliphatic rings. The number of hydrogen-bond acceptors (Lipinski definition) is 3. The van der Waals surface area contributed by atoms with Crippen molar-refractivity contribution in [2.75, 3.05) is 10.6 Å². The lowest BCUT2D eigenvalue weighted by molar-refractivity contribution is -0.122. The number of carbonyl (C=O) groups is 1. The van der Waals surface area contributed by atoms with Gasteiger partial charge in [0.05, 0.1) is 11.9 Å². The molecule has 1 atom stereocenters. The fourth-order valence-corrected chi connectivity index (χ4v) is 3.39. The van der Waals surface area contributed by atoms with Gasteiger partial charge in [-0.3, -0.25) is 9.10 Å². The number of halogens is 1. The molecule has 2 rings (SSSR count). The molecule has 0 radical (unpaired) electrons. The Balaban J connectivity index is 2.33. The molecule has 1 saturated carbocycles. The second-order valence-electron chi connectivity index (χ2n) is 5.24. The third-order valence-corrected chi connectivity index (χ3v) is 4.51. The molecule has 0 bridgehead atoms. The van der Waals surface area contributed by atoms with Crippen molar-refractivity contribution in [1.82, 2.24) is 5.32 Å². The average Bonchev–Trinajstić information content (AvgIpc) is 3.19. The van der Waals surface area contributed by atoms with Gasteiger partial charge in [-0.25, -0.2) is 12.8 Å². The van der Waals surface area contributed by atoms with E-state index < -0.39 is 21.9 Å². The van der Waals surface area contributed by atoms with Crippen molar-refractivity contribution in [3.05, 3.63) is 30.1 Å². The van der Waals surface area contributed by atoms with Gasteiger partial charge in [-0.2, -0.15) is 0 Å². The minimum absolute atomic E-state index is 0.154. The summed E-state index contributed by atoms with van der Waals surface area (Å²) in [6.45, 7) is 1.75. The number of benzene rings is 1. The minimum Gasteiger partial charge on any atom is -0.352 e. The summed E-state index contributed by atoms with van der Waals surface area (Å²) < 4.78 is 38.2. The number of nitrogens with zero attached hydrogens (tertiary/aromatic N) is 1. The van der Waals surface area contributed by atoms with Gasteiger partial charge in [0.2, 0.25) is 15.9 Å². The van der Waals surface area contributed by atoms with E-state index in [1.54, 1.807) is 6.92 Å². The Kier molecular flexibility index (Phi) is 4.51. The normalized spacial score (nSPS) is 16.3. The molecular formula is C14H19FN2O3S. The molecule has 1 amide bonds. The zero-order valence-electron chi connectivity index (χ0n) is 12.0. The van der Waals surface area contributed by atoms with Crippen molar-refractivity contribution in [3.8, 4) is 0 Å². The maximum Gasteiger partial charge on any atom is 0.244 e. The highest BCUT2D eigenvalue weighted by molar-refractivity contribution is 7.92. The molecule has 21 heavy (non-hydrogen) atoms. The van der Waals surface area contributed by atoms with Crippen LogP contribution in [-0.2, 0) is 14.8 Å². The number of amides is 1. The first-order chi connectivity index (χ1) is 9.82. The second-order valence-corrected chi connectivity index (χ2v) is 7.10. The van der Waals surface area contributed by atoms with Crippen LogP contribution in [0.15, 0.2) is 24.3 Å². The summed E-state index contributed by atoms with van der Waals surface area (Å²) in [5.74, 6) is -0.766. The van der Waals surface area contributed by atoms with E-state index in [4.69, 9.17) is 0 Å². The van der Waals surface area contributed by atoms with Gasteiger partial charge in [0, 0.05) is 6.04 Å². The van der Waals surface area contributed by atoms with Crippen LogP contribution in [0, 0.1) is 5.82 Å². The summed E-state index contributed by atoms with van der Waals surface area (Å²) in [4.78, 5) is 12.3. The minimum atomic E-state index is -3.65. The quantitative estimate of drug-likeness (QED) is 0.868. The number of hydrogen-bond donors (Lipinski definition) is 1. The lowest BCUT2D eigenvalue weighted by Crippen LogP contribution is -2.49. The Morgan fingerprint density at radius 3 is 2.38 bits per heavy atom. The fraction of sp³-hybridized carbons (Fsp3) is 0.500. The van der Waals surface area contributed by atoms with Crippen LogP contribution in [0.25, 0.3) is 0 Å². The number of nitrogens with one attached hydrogen (secondary N) is 1. The zero-order chi connectivity index (χ0) is 15.6. The van der Waals surface area contributed by atoms with Gasteiger partial charge < -0.3 is 5.32 Å². The van der Waals surface area contributed by atoms with E-state index in [1.807, 2.05) is 0 Å². The molecule has 0 aliphatic heterocycles. The van der Waals surface area contributed by atoms with E-state index in [9.17, 15) is 17.6 Å². The molecular weight excluding hydrogens is 295 g/mol. The lowest BCUT2D eigenvalue weighted by Gasteiger charge is -2.30. The second kappa shape index (κ2) is 6.01. The number of carbonyl (C=O) groups excluding carboxylic acids is 1. The highest BCUT2D eigenvalue weighted by atomic mass is 32.2. The van der Waals surface area contributed by atoms with Crippen LogP contribution in [0.3, 0.4) is 0 Å². The molecule has 0 unspecified atom stereocenters. The van der Waals surface area contributed by atoms with E-state index in [-0.39, 0.29) is 17.6 Å². The Bertz CT molecular complexity index is 612. The molecule has 0 spiro atoms. The standard InChI is InChI=1S/C14H19FN2O3S/c1-3-13(14(18)16-11-6-7-11)17(21(2,19)20)12-8-4-10(15)5-9-12/h4-5,8-9,11,13H,3,6-7H2,1-2H3,(H,16,18)/t13-/m1/s1. The average molecular weight is 314 g/mol. The van der Waals surface area contributed by atoms with Crippen LogP contribution in [0.5, 0.6) is 0 Å². The first-order valence-corrected chi connectivity index (χ1v) is 8.73. The van der Waals surface area contributed by atoms with E-state index in [0.29, 0.717) is 6.42 Å². The van der Waals surface area contributed by atoms with Gasteiger partial charge >= 0.3 is 0 Å². The van der Waals surface area contributed by atoms with E-state index >= 15 is 0 Å². The van der Waals surface area contributed by atoms with E-state index in [1.165, 1.54) is 24.3 Å². The van der Waals surface area contributed by atoms with Crippen LogP contribution < -0.4 is 9.62 Å². The van der Waals surface area contributed by atoms with Crippen LogP contribution in [0.1, 0.15) is 26.2 Å². The Hall–Kier alpha value is -1.63. The molecule has 0 heterocycles. The van der Waals surface area contributed by atoms with Crippen molar-refractivity contribution in [3.63, 3.8) is 0 Å². The van der Waals surface area contributed by atoms with Crippen LogP contribution in [-0.4, -0.2) is 32.7 Å². The van der Waals surface area contributed by atoms with Crippen molar-refractivity contribution < 1.29 is 17.6 Å². The maximum atomic E-state index is 13.0. The van der Waals surface area contributed by atoms with Crippen molar-refractivity contribution in [1.29, 1.82) is 0 Å². The smallest absolute Gasteiger partial charge is 0.244 e. The van der Waals surface area contributed by atoms with Gasteiger partial charge in [0.25, 0.3) is 0 Å². The van der Waals surface area contributed by atoms with E-state index in [2.05, 4.69) is 5.32 Å². The zero-order valence-corrected chi connectivity index (χ0v) is 12.9. The summed E-state index contributed by atoms with van der Waals surface area (Å²) in [5, 5.41) is 2.82. The SMILES string of the molecule is CC[C@H](C(=O)NC1CC1)N(c1ccc(F)cc1)S(C)(=O)=O. The molecule has 5 nitrogen and oxygen atoms in total. The summed E-state index contributed by atoms with van der Waals surface area (Å²) in [5.41, 5.74) is 0.289. The van der Waals surface area contributed by atoms with Crippen LogP contribution >= 0.6 is 0 Å². The molecule has 0 aromatic heterocycles. The molecule has 116 valence electrons. The summed E-state index contributed by atoms with van der Waals surface area (Å²) in [6, 6.07) is 4.41. The van der Waals surface area contributed by atoms with Crippen LogP contribution in [0.4, 0.5) is 10.1 Å². The van der Waals surface area contributed by atoms with Gasteiger partial charge in [-0.1, -0.05) is 6.92 Å². The third-order valence-electron chi connectivity index (χ3n) is 3.33. The maximum absolute atomic E-state index is 13.0. The molecule has 7 heteroatoms. The van der Waals surface area contributed by atoms with Crippen molar-refractivity contribution in [2.24, 2.45) is 0 Å². The molecule has 1 aliphatic carbocycles. The molecule has 1 N–H and O–H groups in total. The number of anilines is 1. The topological polar surface area (TPSA) is 66.5 Å². The largest absolute Gasteiger partial charge is 0.352 e. The van der Waals surface area contributed by atoms with Gasteiger partial charge in [-0.15, -0.1) is 0 Å². The first-order valence-electron chi connectivity index (χ1n) is 6.88. The van der Waals surface area contributed by atoms with Gasteiger partial charge in [0.15, 0.2) is 0 Å². The first kappa shape index (κ1) is 15.8. The van der Waals surface area contributed by atoms with Crippen molar-refractivity contribution >= 4 is 21.6 Å². The summed E-state index contributed by atoms with van der Waals surface area (Å²) >= 11 is 0. The Labute approximate surface area is 124 Å². The molecule has 1 aromatic rings. The highest BCUT2D eigenvalue weighted by Gasteiger charge is 2.34. The molecule has 1 aromatic carbocycles. The summed E-state index contributed by atoms with van der Waals surface area (Å²) in [6.07, 6.45) is 3.24. The van der Waals surface area contributed by atoms with Crippen LogP contribution in [0.2, 0.25) is 0 Å². The summed E-state index contributed by atoms with van der Waals surface area (Å²) in [7, 11) is -3.65. The number of rotatable bonds is 6. The molecule has 1 fully saturated rings. The van der Waals surface area contributed by atoms with Crippen molar-refractivity contribution in [2.45, 2.75) is 38.3 Å². The van der Waals surface area contributed by atoms with Gasteiger partial charge in [-0.05, 0) is 43.5 Å². The van der Waals surface area contributed by atoms with E-state index in [0.717, 1.165) is 23.4 Å². The predicted molar refractivity (Wildman–Crippen MR) is 79.0 cm³/mol. The Morgan fingerprint density at radius 1 is 1.38 bits per heavy atom. The predicted octanol–water partition coefficient (Wildman–Crippen LogP) is 1.65. The number of sulfonamides is 1. The molecule has 0 saturated heterocycles. The Morgan fingerprint density at radius 2 is 1.95 bits per heavy atom. The lowest BCUT2D eigenvalue weighted by atomic mass is 10.2.